The van der Waals surface area contributed by atoms with Crippen molar-refractivity contribution in [3.8, 4) is 0 Å². The zero-order chi connectivity index (χ0) is 14.5. The van der Waals surface area contributed by atoms with Crippen molar-refractivity contribution in [3.63, 3.8) is 0 Å². The Morgan fingerprint density at radius 3 is 2.95 bits per heavy atom. The van der Waals surface area contributed by atoms with Crippen molar-refractivity contribution in [2.45, 2.75) is 45.2 Å². The highest BCUT2D eigenvalue weighted by molar-refractivity contribution is 5.77. The zero-order valence-electron chi connectivity index (χ0n) is 12.2. The molecule has 0 bridgehead atoms. The summed E-state index contributed by atoms with van der Waals surface area (Å²) in [5, 5.41) is 6.28. The summed E-state index contributed by atoms with van der Waals surface area (Å²) in [6, 6.07) is 6.50. The molecule has 0 aromatic heterocycles. The van der Waals surface area contributed by atoms with Crippen LogP contribution in [0.5, 0.6) is 0 Å². The van der Waals surface area contributed by atoms with Crippen molar-refractivity contribution in [2.75, 3.05) is 6.54 Å². The summed E-state index contributed by atoms with van der Waals surface area (Å²) < 4.78 is 13.6. The van der Waals surface area contributed by atoms with Gasteiger partial charge >= 0.3 is 0 Å². The molecule has 2 N–H and O–H groups in total. The zero-order valence-corrected chi connectivity index (χ0v) is 12.2. The fraction of sp³-hybridized carbons (Fsp3) is 0.562. The Balaban J connectivity index is 1.89. The topological polar surface area (TPSA) is 41.1 Å². The quantitative estimate of drug-likeness (QED) is 0.889. The monoisotopic (exact) mass is 278 g/mol. The molecule has 1 aromatic rings. The Hall–Kier alpha value is -1.42. The van der Waals surface area contributed by atoms with Gasteiger partial charge in [0.2, 0.25) is 5.91 Å². The van der Waals surface area contributed by atoms with Gasteiger partial charge in [0, 0.05) is 18.0 Å². The molecule has 110 valence electrons. The molecule has 1 fully saturated rings. The number of carbonyl (C=O) groups is 1. The minimum Gasteiger partial charge on any atom is -0.349 e. The van der Waals surface area contributed by atoms with E-state index in [4.69, 9.17) is 0 Å². The number of carbonyl (C=O) groups excluding carboxylic acids is 1. The molecule has 0 radical (unpaired) electrons. The van der Waals surface area contributed by atoms with Crippen molar-refractivity contribution < 1.29 is 9.18 Å². The molecule has 3 nitrogen and oxygen atoms in total. The van der Waals surface area contributed by atoms with Crippen LogP contribution in [0.4, 0.5) is 4.39 Å². The first kappa shape index (κ1) is 15.0. The van der Waals surface area contributed by atoms with E-state index in [1.54, 1.807) is 18.2 Å². The number of benzene rings is 1. The molecule has 1 aliphatic rings. The Morgan fingerprint density at radius 1 is 1.50 bits per heavy atom. The van der Waals surface area contributed by atoms with Crippen LogP contribution in [0, 0.1) is 11.7 Å². The fourth-order valence-corrected chi connectivity index (χ4v) is 2.79. The van der Waals surface area contributed by atoms with Gasteiger partial charge in [-0.25, -0.2) is 4.39 Å². The summed E-state index contributed by atoms with van der Waals surface area (Å²) in [6.45, 7) is 4.96. The van der Waals surface area contributed by atoms with Crippen molar-refractivity contribution in [1.82, 2.24) is 10.6 Å². The maximum atomic E-state index is 13.6. The van der Waals surface area contributed by atoms with Gasteiger partial charge in [0.15, 0.2) is 0 Å². The molecular formula is C16H23FN2O. The van der Waals surface area contributed by atoms with Crippen LogP contribution in [-0.4, -0.2) is 18.5 Å². The first-order valence-electron chi connectivity index (χ1n) is 7.35. The summed E-state index contributed by atoms with van der Waals surface area (Å²) in [7, 11) is 0. The van der Waals surface area contributed by atoms with Crippen molar-refractivity contribution in [3.05, 3.63) is 35.6 Å². The number of hydrogen-bond donors (Lipinski definition) is 2. The molecule has 1 amide bonds. The lowest BCUT2D eigenvalue weighted by Crippen LogP contribution is -2.43. The minimum atomic E-state index is -0.303. The smallest absolute Gasteiger partial charge is 0.222 e. The van der Waals surface area contributed by atoms with Crippen LogP contribution < -0.4 is 10.6 Å². The lowest BCUT2D eigenvalue weighted by atomic mass is 9.90. The number of halogens is 1. The summed E-state index contributed by atoms with van der Waals surface area (Å²) in [5.41, 5.74) is 0.533. The molecule has 3 unspecified atom stereocenters. The van der Waals surface area contributed by atoms with E-state index in [0.717, 1.165) is 13.0 Å². The van der Waals surface area contributed by atoms with Crippen LogP contribution in [-0.2, 0) is 4.79 Å². The van der Waals surface area contributed by atoms with E-state index < -0.39 is 0 Å². The van der Waals surface area contributed by atoms with E-state index in [9.17, 15) is 9.18 Å². The van der Waals surface area contributed by atoms with Crippen LogP contribution >= 0.6 is 0 Å². The summed E-state index contributed by atoms with van der Waals surface area (Å²) >= 11 is 0. The lowest BCUT2D eigenvalue weighted by Gasteiger charge is -2.30. The van der Waals surface area contributed by atoms with Crippen LogP contribution in [0.25, 0.3) is 0 Å². The van der Waals surface area contributed by atoms with Crippen molar-refractivity contribution >= 4 is 5.91 Å². The van der Waals surface area contributed by atoms with Crippen LogP contribution in [0.2, 0.25) is 0 Å². The first-order valence-corrected chi connectivity index (χ1v) is 7.35. The van der Waals surface area contributed by atoms with E-state index in [1.807, 2.05) is 6.92 Å². The van der Waals surface area contributed by atoms with Crippen LogP contribution in [0.1, 0.15) is 44.7 Å². The van der Waals surface area contributed by atoms with Crippen molar-refractivity contribution in [1.29, 1.82) is 0 Å². The largest absolute Gasteiger partial charge is 0.349 e. The van der Waals surface area contributed by atoms with E-state index in [1.165, 1.54) is 12.5 Å². The van der Waals surface area contributed by atoms with Crippen LogP contribution in [0.3, 0.4) is 0 Å². The van der Waals surface area contributed by atoms with Gasteiger partial charge in [-0.3, -0.25) is 4.79 Å². The third-order valence-electron chi connectivity index (χ3n) is 4.08. The molecule has 3 atom stereocenters. The van der Waals surface area contributed by atoms with Gasteiger partial charge in [0.1, 0.15) is 5.82 Å². The second kappa shape index (κ2) is 6.84. The lowest BCUT2D eigenvalue weighted by molar-refractivity contribution is -0.122. The van der Waals surface area contributed by atoms with Gasteiger partial charge in [-0.15, -0.1) is 0 Å². The average Bonchev–Trinajstić information content (AvgIpc) is 2.41. The van der Waals surface area contributed by atoms with Gasteiger partial charge < -0.3 is 10.6 Å². The van der Waals surface area contributed by atoms with Crippen LogP contribution in [0.15, 0.2) is 24.3 Å². The second-order valence-corrected chi connectivity index (χ2v) is 5.69. The van der Waals surface area contributed by atoms with Gasteiger partial charge in [0.05, 0.1) is 6.04 Å². The van der Waals surface area contributed by atoms with Crippen molar-refractivity contribution in [2.24, 2.45) is 5.92 Å². The van der Waals surface area contributed by atoms with E-state index >= 15 is 0 Å². The van der Waals surface area contributed by atoms with Gasteiger partial charge in [-0.2, -0.15) is 0 Å². The van der Waals surface area contributed by atoms with E-state index in [-0.39, 0.29) is 23.8 Å². The normalized spacial score (nSPS) is 24.1. The predicted molar refractivity (Wildman–Crippen MR) is 77.8 cm³/mol. The summed E-state index contributed by atoms with van der Waals surface area (Å²) in [5.74, 6) is 0.217. The van der Waals surface area contributed by atoms with E-state index in [2.05, 4.69) is 17.6 Å². The minimum absolute atomic E-state index is 0.0213. The third kappa shape index (κ3) is 3.79. The molecule has 1 saturated heterocycles. The SMILES string of the molecule is CC(NC(=O)CC1NCCCC1C)c1ccccc1F. The highest BCUT2D eigenvalue weighted by Gasteiger charge is 2.24. The van der Waals surface area contributed by atoms with Gasteiger partial charge in [-0.1, -0.05) is 25.1 Å². The molecule has 1 aliphatic heterocycles. The molecule has 0 spiro atoms. The maximum Gasteiger partial charge on any atom is 0.222 e. The molecule has 0 aliphatic carbocycles. The Labute approximate surface area is 120 Å². The number of nitrogens with one attached hydrogen (secondary N) is 2. The highest BCUT2D eigenvalue weighted by atomic mass is 19.1. The molecule has 1 aromatic carbocycles. The molecular weight excluding hydrogens is 255 g/mol. The Kier molecular flexibility index (Phi) is 5.12. The Bertz CT molecular complexity index is 464. The number of hydrogen-bond acceptors (Lipinski definition) is 2. The molecule has 20 heavy (non-hydrogen) atoms. The number of rotatable bonds is 4. The first-order chi connectivity index (χ1) is 9.58. The predicted octanol–water partition coefficient (Wildman–Crippen LogP) is 2.78. The average molecular weight is 278 g/mol. The summed E-state index contributed by atoms with van der Waals surface area (Å²) in [6.07, 6.45) is 2.79. The highest BCUT2D eigenvalue weighted by Crippen LogP contribution is 2.19. The van der Waals surface area contributed by atoms with E-state index in [0.29, 0.717) is 17.9 Å². The van der Waals surface area contributed by atoms with Gasteiger partial charge in [0.25, 0.3) is 0 Å². The third-order valence-corrected chi connectivity index (χ3v) is 4.08. The second-order valence-electron chi connectivity index (χ2n) is 5.69. The van der Waals surface area contributed by atoms with Gasteiger partial charge in [-0.05, 0) is 38.3 Å². The molecule has 0 saturated carbocycles. The molecule has 1 heterocycles. The fourth-order valence-electron chi connectivity index (χ4n) is 2.79. The summed E-state index contributed by atoms with van der Waals surface area (Å²) in [4.78, 5) is 12.1. The maximum absolute atomic E-state index is 13.6. The molecule has 4 heteroatoms. The Morgan fingerprint density at radius 2 is 2.25 bits per heavy atom. The number of piperidine rings is 1. The standard InChI is InChI=1S/C16H23FN2O/c1-11-6-5-9-18-15(11)10-16(20)19-12(2)13-7-3-4-8-14(13)17/h3-4,7-8,11-12,15,18H,5-6,9-10H2,1-2H3,(H,19,20). The molecule has 2 rings (SSSR count). The number of amides is 1.